The van der Waals surface area contributed by atoms with E-state index in [0.29, 0.717) is 0 Å². The molecule has 2 aromatic rings. The fourth-order valence-electron chi connectivity index (χ4n) is 1.81. The Balaban J connectivity index is 2.10. The molecule has 0 unspecified atom stereocenters. The zero-order chi connectivity index (χ0) is 13.0. The van der Waals surface area contributed by atoms with Crippen LogP contribution in [-0.2, 0) is 6.54 Å². The summed E-state index contributed by atoms with van der Waals surface area (Å²) in [7, 11) is 0. The first-order chi connectivity index (χ1) is 8.70. The molecule has 0 bridgehead atoms. The van der Waals surface area contributed by atoms with Gasteiger partial charge in [-0.25, -0.2) is 4.68 Å². The average molecular weight is 245 g/mol. The van der Waals surface area contributed by atoms with Crippen molar-refractivity contribution in [2.75, 3.05) is 6.54 Å². The number of rotatable bonds is 5. The van der Waals surface area contributed by atoms with Crippen LogP contribution >= 0.6 is 0 Å². The van der Waals surface area contributed by atoms with Crippen LogP contribution in [0.2, 0.25) is 0 Å². The lowest BCUT2D eigenvalue weighted by molar-refractivity contribution is 0.653. The second kappa shape index (κ2) is 5.73. The maximum absolute atomic E-state index is 4.38. The van der Waals surface area contributed by atoms with Gasteiger partial charge in [0.1, 0.15) is 0 Å². The van der Waals surface area contributed by atoms with Crippen molar-refractivity contribution in [2.45, 2.75) is 33.7 Å². The lowest BCUT2D eigenvalue weighted by Gasteiger charge is -2.04. The zero-order valence-corrected chi connectivity index (χ0v) is 11.1. The summed E-state index contributed by atoms with van der Waals surface area (Å²) in [5.41, 5.74) is 3.01. The topological polar surface area (TPSA) is 55.6 Å². The predicted molar refractivity (Wildman–Crippen MR) is 70.6 cm³/mol. The Labute approximate surface area is 107 Å². The first-order valence-electron chi connectivity index (χ1n) is 6.27. The predicted octanol–water partition coefficient (Wildman–Crippen LogP) is 1.78. The van der Waals surface area contributed by atoms with E-state index in [0.717, 1.165) is 42.4 Å². The molecule has 0 radical (unpaired) electrons. The molecule has 0 atom stereocenters. The Hall–Kier alpha value is -1.75. The van der Waals surface area contributed by atoms with Gasteiger partial charge in [0.2, 0.25) is 0 Å². The maximum atomic E-state index is 4.38. The summed E-state index contributed by atoms with van der Waals surface area (Å²) in [5, 5.41) is 16.1. The zero-order valence-electron chi connectivity index (χ0n) is 11.1. The molecule has 5 nitrogen and oxygen atoms in total. The summed E-state index contributed by atoms with van der Waals surface area (Å²) >= 11 is 0. The number of hydrogen-bond acceptors (Lipinski definition) is 4. The summed E-state index contributed by atoms with van der Waals surface area (Å²) in [6.07, 6.45) is 1.12. The van der Waals surface area contributed by atoms with Crippen LogP contribution in [0.5, 0.6) is 0 Å². The highest BCUT2D eigenvalue weighted by molar-refractivity contribution is 5.25. The molecule has 0 spiro atoms. The van der Waals surface area contributed by atoms with E-state index in [1.54, 1.807) is 0 Å². The van der Waals surface area contributed by atoms with Crippen LogP contribution in [0.25, 0.3) is 5.82 Å². The molecule has 5 heteroatoms. The Morgan fingerprint density at radius 1 is 1.22 bits per heavy atom. The van der Waals surface area contributed by atoms with E-state index in [-0.39, 0.29) is 0 Å². The van der Waals surface area contributed by atoms with E-state index >= 15 is 0 Å². The SMILES string of the molecule is CCCNCc1ccc(-n2nc(C)cc2C)nn1. The molecule has 0 aromatic carbocycles. The molecule has 0 aliphatic rings. The molecule has 0 aliphatic carbocycles. The summed E-state index contributed by atoms with van der Waals surface area (Å²) < 4.78 is 1.81. The third-order valence-electron chi connectivity index (χ3n) is 2.67. The maximum Gasteiger partial charge on any atom is 0.175 e. The van der Waals surface area contributed by atoms with Crippen molar-refractivity contribution in [3.8, 4) is 5.82 Å². The highest BCUT2D eigenvalue weighted by Gasteiger charge is 2.05. The molecular formula is C13H19N5. The molecule has 0 aliphatic heterocycles. The van der Waals surface area contributed by atoms with E-state index in [9.17, 15) is 0 Å². The molecule has 0 saturated heterocycles. The number of aromatic nitrogens is 4. The van der Waals surface area contributed by atoms with Crippen molar-refractivity contribution in [2.24, 2.45) is 0 Å². The molecule has 0 fully saturated rings. The Bertz CT molecular complexity index is 501. The van der Waals surface area contributed by atoms with Gasteiger partial charge in [0, 0.05) is 12.2 Å². The number of aryl methyl sites for hydroxylation is 2. The standard InChI is InChI=1S/C13H19N5/c1-4-7-14-9-12-5-6-13(16-15-12)18-11(3)8-10(2)17-18/h5-6,8,14H,4,7,9H2,1-3H3. The van der Waals surface area contributed by atoms with Crippen molar-refractivity contribution in [1.29, 1.82) is 0 Å². The van der Waals surface area contributed by atoms with Crippen molar-refractivity contribution < 1.29 is 0 Å². The third kappa shape index (κ3) is 2.92. The second-order valence-electron chi connectivity index (χ2n) is 4.40. The lowest BCUT2D eigenvalue weighted by Crippen LogP contribution is -2.15. The fraction of sp³-hybridized carbons (Fsp3) is 0.462. The number of nitrogens with one attached hydrogen (secondary N) is 1. The van der Waals surface area contributed by atoms with Gasteiger partial charge < -0.3 is 5.32 Å². The highest BCUT2D eigenvalue weighted by atomic mass is 15.3. The summed E-state index contributed by atoms with van der Waals surface area (Å²) in [5.74, 6) is 0.764. The monoisotopic (exact) mass is 245 g/mol. The van der Waals surface area contributed by atoms with Gasteiger partial charge in [-0.05, 0) is 45.0 Å². The van der Waals surface area contributed by atoms with Gasteiger partial charge in [0.15, 0.2) is 5.82 Å². The van der Waals surface area contributed by atoms with Gasteiger partial charge in [0.25, 0.3) is 0 Å². The van der Waals surface area contributed by atoms with E-state index in [4.69, 9.17) is 0 Å². The van der Waals surface area contributed by atoms with Crippen LogP contribution in [-0.4, -0.2) is 26.5 Å². The first kappa shape index (κ1) is 12.7. The molecule has 2 heterocycles. The molecule has 2 rings (SSSR count). The van der Waals surface area contributed by atoms with Gasteiger partial charge >= 0.3 is 0 Å². The van der Waals surface area contributed by atoms with Crippen molar-refractivity contribution >= 4 is 0 Å². The van der Waals surface area contributed by atoms with Crippen molar-refractivity contribution in [1.82, 2.24) is 25.3 Å². The Kier molecular flexibility index (Phi) is 4.04. The number of nitrogens with zero attached hydrogens (tertiary/aromatic N) is 4. The first-order valence-corrected chi connectivity index (χ1v) is 6.27. The summed E-state index contributed by atoms with van der Waals surface area (Å²) in [4.78, 5) is 0. The van der Waals surface area contributed by atoms with Crippen LogP contribution in [0.1, 0.15) is 30.4 Å². The minimum Gasteiger partial charge on any atom is -0.311 e. The highest BCUT2D eigenvalue weighted by Crippen LogP contribution is 2.08. The van der Waals surface area contributed by atoms with Gasteiger partial charge in [-0.1, -0.05) is 6.92 Å². The Morgan fingerprint density at radius 3 is 2.61 bits per heavy atom. The molecule has 0 saturated carbocycles. The minimum atomic E-state index is 0.762. The van der Waals surface area contributed by atoms with Crippen LogP contribution in [0.3, 0.4) is 0 Å². The van der Waals surface area contributed by atoms with E-state index in [2.05, 4.69) is 27.5 Å². The third-order valence-corrected chi connectivity index (χ3v) is 2.67. The minimum absolute atomic E-state index is 0.762. The molecular weight excluding hydrogens is 226 g/mol. The summed E-state index contributed by atoms with van der Waals surface area (Å²) in [6.45, 7) is 7.89. The average Bonchev–Trinajstić information content (AvgIpc) is 2.70. The van der Waals surface area contributed by atoms with E-state index in [1.807, 2.05) is 36.7 Å². The molecule has 0 amide bonds. The van der Waals surface area contributed by atoms with E-state index < -0.39 is 0 Å². The van der Waals surface area contributed by atoms with Crippen LogP contribution in [0.4, 0.5) is 0 Å². The summed E-state index contributed by atoms with van der Waals surface area (Å²) in [6, 6.07) is 5.97. The van der Waals surface area contributed by atoms with Gasteiger partial charge in [-0.3, -0.25) is 0 Å². The van der Waals surface area contributed by atoms with E-state index in [1.165, 1.54) is 0 Å². The lowest BCUT2D eigenvalue weighted by atomic mass is 10.3. The van der Waals surface area contributed by atoms with Crippen molar-refractivity contribution in [3.05, 3.63) is 35.3 Å². The van der Waals surface area contributed by atoms with Gasteiger partial charge in [-0.15, -0.1) is 5.10 Å². The molecule has 1 N–H and O–H groups in total. The Morgan fingerprint density at radius 2 is 2.06 bits per heavy atom. The molecule has 96 valence electrons. The van der Waals surface area contributed by atoms with Crippen LogP contribution in [0.15, 0.2) is 18.2 Å². The fourth-order valence-corrected chi connectivity index (χ4v) is 1.81. The second-order valence-corrected chi connectivity index (χ2v) is 4.40. The molecule has 2 aromatic heterocycles. The van der Waals surface area contributed by atoms with Gasteiger partial charge in [0.05, 0.1) is 11.4 Å². The van der Waals surface area contributed by atoms with Crippen LogP contribution < -0.4 is 5.32 Å². The van der Waals surface area contributed by atoms with Crippen molar-refractivity contribution in [3.63, 3.8) is 0 Å². The van der Waals surface area contributed by atoms with Gasteiger partial charge in [-0.2, -0.15) is 10.2 Å². The largest absolute Gasteiger partial charge is 0.311 e. The van der Waals surface area contributed by atoms with Crippen LogP contribution in [0, 0.1) is 13.8 Å². The normalized spacial score (nSPS) is 10.8. The number of hydrogen-bond donors (Lipinski definition) is 1. The molecule has 18 heavy (non-hydrogen) atoms. The smallest absolute Gasteiger partial charge is 0.175 e. The quantitative estimate of drug-likeness (QED) is 0.816.